The largest absolute Gasteiger partial charge is 0.457 e. The van der Waals surface area contributed by atoms with Gasteiger partial charge >= 0.3 is 0 Å². The summed E-state index contributed by atoms with van der Waals surface area (Å²) in [5.41, 5.74) is 0.976. The standard InChI is InChI=1S/C34H36ClN3O5S/c1-3-4-22-36-34(40)26(2)37(24-27-12-11-13-28(35)23-27)33(39)25-38(44(41,42)32-16-9-6-10-17-32)29-18-20-31(21-19-29)43-30-14-7-5-8-15-30/h5-21,23,26H,3-4,22,24-25H2,1-2H3,(H,36,40)/t26-/m1/s1. The summed E-state index contributed by atoms with van der Waals surface area (Å²) in [6.45, 7) is 3.65. The molecule has 2 amide bonds. The Bertz CT molecular complexity index is 1630. The van der Waals surface area contributed by atoms with Crippen LogP contribution in [0.15, 0.2) is 114 Å². The number of unbranched alkanes of at least 4 members (excludes halogenated alkanes) is 1. The third-order valence-corrected chi connectivity index (χ3v) is 8.98. The number of carbonyl (C=O) groups is 2. The first-order chi connectivity index (χ1) is 21.2. The summed E-state index contributed by atoms with van der Waals surface area (Å²) < 4.78 is 34.9. The lowest BCUT2D eigenvalue weighted by Crippen LogP contribution is -2.51. The molecule has 8 nitrogen and oxygen atoms in total. The summed E-state index contributed by atoms with van der Waals surface area (Å²) in [7, 11) is -4.17. The normalized spacial score (nSPS) is 11.8. The maximum atomic E-state index is 14.1. The smallest absolute Gasteiger partial charge is 0.264 e. The molecule has 0 saturated carbocycles. The van der Waals surface area contributed by atoms with Gasteiger partial charge in [-0.05, 0) is 79.6 Å². The summed E-state index contributed by atoms with van der Waals surface area (Å²) in [5.74, 6) is 0.260. The van der Waals surface area contributed by atoms with E-state index in [9.17, 15) is 18.0 Å². The predicted octanol–water partition coefficient (Wildman–Crippen LogP) is 6.66. The van der Waals surface area contributed by atoms with Crippen LogP contribution in [0.3, 0.4) is 0 Å². The number of nitrogens with one attached hydrogen (secondary N) is 1. The van der Waals surface area contributed by atoms with Crippen LogP contribution < -0.4 is 14.4 Å². The molecule has 10 heteroatoms. The van der Waals surface area contributed by atoms with Gasteiger partial charge in [0.2, 0.25) is 11.8 Å². The minimum Gasteiger partial charge on any atom is -0.457 e. The summed E-state index contributed by atoms with van der Waals surface area (Å²) in [4.78, 5) is 28.6. The molecule has 0 heterocycles. The Morgan fingerprint density at radius 1 is 0.864 bits per heavy atom. The monoisotopic (exact) mass is 633 g/mol. The number of rotatable bonds is 14. The molecule has 0 unspecified atom stereocenters. The molecule has 0 saturated heterocycles. The number of sulfonamides is 1. The van der Waals surface area contributed by atoms with Crippen molar-refractivity contribution in [2.45, 2.75) is 44.2 Å². The average molecular weight is 634 g/mol. The highest BCUT2D eigenvalue weighted by Gasteiger charge is 2.32. The molecule has 4 aromatic carbocycles. The molecule has 0 fully saturated rings. The molecular formula is C34H36ClN3O5S. The van der Waals surface area contributed by atoms with Crippen molar-refractivity contribution in [1.82, 2.24) is 10.2 Å². The van der Waals surface area contributed by atoms with Crippen LogP contribution in [0, 0.1) is 0 Å². The number of hydrogen-bond acceptors (Lipinski definition) is 5. The molecule has 1 atom stereocenters. The molecule has 44 heavy (non-hydrogen) atoms. The molecule has 4 rings (SSSR count). The fourth-order valence-corrected chi connectivity index (χ4v) is 6.15. The third kappa shape index (κ3) is 8.61. The Kier molecular flexibility index (Phi) is 11.4. The Morgan fingerprint density at radius 2 is 1.50 bits per heavy atom. The van der Waals surface area contributed by atoms with Gasteiger partial charge in [0, 0.05) is 18.1 Å². The summed E-state index contributed by atoms with van der Waals surface area (Å²) in [6, 6.07) is 29.7. The molecule has 1 N–H and O–H groups in total. The molecule has 0 aliphatic carbocycles. The number of ether oxygens (including phenoxy) is 1. The van der Waals surface area contributed by atoms with Gasteiger partial charge in [-0.1, -0.05) is 73.5 Å². The number of para-hydroxylation sites is 1. The van der Waals surface area contributed by atoms with Crippen molar-refractivity contribution in [2.75, 3.05) is 17.4 Å². The zero-order valence-corrected chi connectivity index (χ0v) is 26.3. The van der Waals surface area contributed by atoms with Crippen LogP contribution in [0.2, 0.25) is 5.02 Å². The third-order valence-electron chi connectivity index (χ3n) is 6.95. The van der Waals surface area contributed by atoms with Crippen LogP contribution in [0.4, 0.5) is 5.69 Å². The Balaban J connectivity index is 1.67. The van der Waals surface area contributed by atoms with Crippen molar-refractivity contribution in [3.8, 4) is 11.5 Å². The number of carbonyl (C=O) groups excluding carboxylic acids is 2. The number of benzene rings is 4. The van der Waals surface area contributed by atoms with Crippen molar-refractivity contribution in [2.24, 2.45) is 0 Å². The van der Waals surface area contributed by atoms with Crippen LogP contribution in [0.5, 0.6) is 11.5 Å². The van der Waals surface area contributed by atoms with Crippen LogP contribution in [-0.4, -0.2) is 44.3 Å². The van der Waals surface area contributed by atoms with E-state index in [1.807, 2.05) is 37.3 Å². The van der Waals surface area contributed by atoms with E-state index >= 15 is 0 Å². The van der Waals surface area contributed by atoms with E-state index < -0.39 is 28.5 Å². The number of anilines is 1. The minimum atomic E-state index is -4.17. The lowest BCUT2D eigenvalue weighted by atomic mass is 10.1. The topological polar surface area (TPSA) is 96.0 Å². The van der Waals surface area contributed by atoms with Gasteiger partial charge in [0.1, 0.15) is 24.1 Å². The lowest BCUT2D eigenvalue weighted by molar-refractivity contribution is -0.139. The van der Waals surface area contributed by atoms with E-state index in [1.54, 1.807) is 73.7 Å². The first-order valence-electron chi connectivity index (χ1n) is 14.4. The maximum absolute atomic E-state index is 14.1. The van der Waals surface area contributed by atoms with E-state index in [2.05, 4.69) is 5.32 Å². The van der Waals surface area contributed by atoms with Crippen molar-refractivity contribution >= 4 is 39.1 Å². The molecule has 4 aromatic rings. The van der Waals surface area contributed by atoms with E-state index in [0.29, 0.717) is 28.6 Å². The Labute approximate surface area is 264 Å². The lowest BCUT2D eigenvalue weighted by Gasteiger charge is -2.32. The second kappa shape index (κ2) is 15.4. The summed E-state index contributed by atoms with van der Waals surface area (Å²) in [6.07, 6.45) is 1.70. The molecule has 0 aliphatic rings. The van der Waals surface area contributed by atoms with E-state index in [0.717, 1.165) is 17.1 Å². The molecular weight excluding hydrogens is 598 g/mol. The first kappa shape index (κ1) is 32.6. The van der Waals surface area contributed by atoms with Crippen molar-refractivity contribution in [3.05, 3.63) is 120 Å². The Morgan fingerprint density at radius 3 is 2.14 bits per heavy atom. The molecule has 0 bridgehead atoms. The molecule has 0 aromatic heterocycles. The van der Waals surface area contributed by atoms with Crippen molar-refractivity contribution in [3.63, 3.8) is 0 Å². The average Bonchev–Trinajstić information content (AvgIpc) is 3.03. The zero-order valence-electron chi connectivity index (χ0n) is 24.7. The minimum absolute atomic E-state index is 0.0316. The first-order valence-corrected chi connectivity index (χ1v) is 16.2. The zero-order chi connectivity index (χ0) is 31.5. The quantitative estimate of drug-likeness (QED) is 0.157. The highest BCUT2D eigenvalue weighted by molar-refractivity contribution is 7.92. The van der Waals surface area contributed by atoms with Gasteiger partial charge in [-0.2, -0.15) is 0 Å². The fourth-order valence-electron chi connectivity index (χ4n) is 4.50. The number of nitrogens with zero attached hydrogens (tertiary/aromatic N) is 2. The maximum Gasteiger partial charge on any atom is 0.264 e. The van der Waals surface area contributed by atoms with Gasteiger partial charge in [-0.25, -0.2) is 8.42 Å². The van der Waals surface area contributed by atoms with Crippen molar-refractivity contribution < 1.29 is 22.7 Å². The number of amides is 2. The second-order valence-corrected chi connectivity index (χ2v) is 12.5. The summed E-state index contributed by atoms with van der Waals surface area (Å²) >= 11 is 6.21. The molecule has 230 valence electrons. The van der Waals surface area contributed by atoms with Crippen LogP contribution >= 0.6 is 11.6 Å². The van der Waals surface area contributed by atoms with Gasteiger partial charge < -0.3 is 15.0 Å². The van der Waals surface area contributed by atoms with E-state index in [1.165, 1.54) is 17.0 Å². The van der Waals surface area contributed by atoms with Crippen molar-refractivity contribution in [1.29, 1.82) is 0 Å². The SMILES string of the molecule is CCCCNC(=O)[C@@H](C)N(Cc1cccc(Cl)c1)C(=O)CN(c1ccc(Oc2ccccc2)cc1)S(=O)(=O)c1ccccc1. The molecule has 0 radical (unpaired) electrons. The highest BCUT2D eigenvalue weighted by atomic mass is 35.5. The van der Waals surface area contributed by atoms with E-state index in [4.69, 9.17) is 16.3 Å². The van der Waals surface area contributed by atoms with E-state index in [-0.39, 0.29) is 23.0 Å². The van der Waals surface area contributed by atoms with Gasteiger partial charge in [-0.3, -0.25) is 13.9 Å². The van der Waals surface area contributed by atoms with Crippen LogP contribution in [-0.2, 0) is 26.2 Å². The number of hydrogen-bond donors (Lipinski definition) is 1. The summed E-state index contributed by atoms with van der Waals surface area (Å²) in [5, 5.41) is 3.37. The number of halogens is 1. The predicted molar refractivity (Wildman–Crippen MR) is 173 cm³/mol. The van der Waals surface area contributed by atoms with Gasteiger partial charge in [0.15, 0.2) is 0 Å². The molecule has 0 aliphatic heterocycles. The van der Waals surface area contributed by atoms with Gasteiger partial charge in [0.05, 0.1) is 10.6 Å². The highest BCUT2D eigenvalue weighted by Crippen LogP contribution is 2.28. The fraction of sp³-hybridized carbons (Fsp3) is 0.235. The van der Waals surface area contributed by atoms with Gasteiger partial charge in [-0.15, -0.1) is 0 Å². The van der Waals surface area contributed by atoms with Crippen LogP contribution in [0.25, 0.3) is 0 Å². The Hall–Kier alpha value is -4.34. The van der Waals surface area contributed by atoms with Gasteiger partial charge in [0.25, 0.3) is 10.0 Å². The molecule has 0 spiro atoms. The van der Waals surface area contributed by atoms with Crippen LogP contribution in [0.1, 0.15) is 32.3 Å². The second-order valence-electron chi connectivity index (χ2n) is 10.2.